The predicted octanol–water partition coefficient (Wildman–Crippen LogP) is 4.04. The van der Waals surface area contributed by atoms with Crippen LogP contribution in [-0.2, 0) is 27.5 Å². The molecule has 1 N–H and O–H groups in total. The van der Waals surface area contributed by atoms with E-state index < -0.39 is 21.8 Å². The van der Waals surface area contributed by atoms with Gasteiger partial charge in [-0.2, -0.15) is 21.9 Å². The van der Waals surface area contributed by atoms with Crippen molar-refractivity contribution in [1.29, 1.82) is 0 Å². The molecule has 2 aromatic heterocycles. The lowest BCUT2D eigenvalue weighted by molar-refractivity contribution is -0.137. The van der Waals surface area contributed by atoms with Crippen LogP contribution in [-0.4, -0.2) is 50.4 Å². The van der Waals surface area contributed by atoms with Crippen molar-refractivity contribution in [2.45, 2.75) is 41.7 Å². The van der Waals surface area contributed by atoms with Crippen LogP contribution in [0.15, 0.2) is 52.5 Å². The number of thioether (sulfide) groups is 1. The predicted molar refractivity (Wildman–Crippen MR) is 127 cm³/mol. The molecule has 0 amide bonds. The number of halogens is 3. The van der Waals surface area contributed by atoms with E-state index in [-0.39, 0.29) is 34.6 Å². The molecule has 3 heterocycles. The van der Waals surface area contributed by atoms with Gasteiger partial charge in [-0.15, -0.1) is 10.2 Å². The maximum atomic E-state index is 13.4. The highest BCUT2D eigenvalue weighted by Crippen LogP contribution is 2.32. The summed E-state index contributed by atoms with van der Waals surface area (Å²) in [5.41, 5.74) is 0.0210. The number of hydrogen-bond acceptors (Lipinski definition) is 9. The van der Waals surface area contributed by atoms with Gasteiger partial charge in [-0.3, -0.25) is 4.57 Å². The van der Waals surface area contributed by atoms with Crippen molar-refractivity contribution in [3.63, 3.8) is 0 Å². The maximum absolute atomic E-state index is 13.4. The van der Waals surface area contributed by atoms with Crippen molar-refractivity contribution in [3.05, 3.63) is 53.9 Å². The molecule has 0 saturated carbocycles. The average molecular weight is 557 g/mol. The van der Waals surface area contributed by atoms with E-state index in [2.05, 4.69) is 23.7 Å². The van der Waals surface area contributed by atoms with Crippen LogP contribution in [0, 0.1) is 0 Å². The first-order chi connectivity index (χ1) is 17.2. The number of hydrogen-bond donors (Lipinski definition) is 1. The first-order valence-corrected chi connectivity index (χ1v) is 14.0. The molecule has 1 atom stereocenters. The molecular weight excluding hydrogens is 537 g/mol. The highest BCUT2D eigenvalue weighted by atomic mass is 32.2. The van der Waals surface area contributed by atoms with Crippen LogP contribution in [0.5, 0.6) is 0 Å². The van der Waals surface area contributed by atoms with E-state index in [0.29, 0.717) is 23.0 Å². The van der Waals surface area contributed by atoms with Crippen LogP contribution in [0.3, 0.4) is 0 Å². The number of sulfonamides is 1. The molecule has 9 nitrogen and oxygen atoms in total. The molecule has 15 heteroatoms. The monoisotopic (exact) mass is 556 g/mol. The number of alkyl halides is 3. The van der Waals surface area contributed by atoms with Gasteiger partial charge in [0.25, 0.3) is 0 Å². The first-order valence-electron chi connectivity index (χ1n) is 10.8. The summed E-state index contributed by atoms with van der Waals surface area (Å²) in [5, 5.41) is 8.58. The summed E-state index contributed by atoms with van der Waals surface area (Å²) in [6, 6.07) is 9.36. The van der Waals surface area contributed by atoms with E-state index in [1.165, 1.54) is 34.5 Å². The van der Waals surface area contributed by atoms with Crippen molar-refractivity contribution >= 4 is 44.5 Å². The van der Waals surface area contributed by atoms with Gasteiger partial charge in [0.15, 0.2) is 11.0 Å². The lowest BCUT2D eigenvalue weighted by Gasteiger charge is -2.14. The summed E-state index contributed by atoms with van der Waals surface area (Å²) in [4.78, 5) is -0.0492. The molecule has 1 aliphatic heterocycles. The van der Waals surface area contributed by atoms with Gasteiger partial charge >= 0.3 is 6.18 Å². The van der Waals surface area contributed by atoms with Gasteiger partial charge in [0.1, 0.15) is 15.9 Å². The normalized spacial score (nSPS) is 16.7. The molecule has 36 heavy (non-hydrogen) atoms. The number of rotatable bonds is 8. The lowest BCUT2D eigenvalue weighted by atomic mass is 10.2. The van der Waals surface area contributed by atoms with Gasteiger partial charge in [0, 0.05) is 12.4 Å². The van der Waals surface area contributed by atoms with Crippen molar-refractivity contribution in [1.82, 2.24) is 28.2 Å². The zero-order valence-corrected chi connectivity index (χ0v) is 20.9. The van der Waals surface area contributed by atoms with Crippen molar-refractivity contribution in [3.8, 4) is 5.69 Å². The van der Waals surface area contributed by atoms with Gasteiger partial charge in [-0.1, -0.05) is 23.9 Å². The third kappa shape index (κ3) is 5.25. The van der Waals surface area contributed by atoms with Gasteiger partial charge in [-0.05, 0) is 43.2 Å². The molecule has 1 fully saturated rings. The van der Waals surface area contributed by atoms with E-state index in [0.717, 1.165) is 36.7 Å². The van der Waals surface area contributed by atoms with E-state index in [1.807, 2.05) is 0 Å². The number of ether oxygens (including phenoxy) is 1. The lowest BCUT2D eigenvalue weighted by Crippen LogP contribution is -2.25. The Kier molecular flexibility index (Phi) is 7.00. The molecule has 0 spiro atoms. The van der Waals surface area contributed by atoms with E-state index in [1.54, 1.807) is 12.1 Å². The van der Waals surface area contributed by atoms with Gasteiger partial charge in [-0.25, -0.2) is 13.1 Å². The molecule has 0 radical (unpaired) electrons. The van der Waals surface area contributed by atoms with Crippen LogP contribution in [0.1, 0.15) is 24.2 Å². The number of nitrogens with zero attached hydrogens (tertiary/aromatic N) is 5. The number of fused-ring (bicyclic) bond motifs is 1. The largest absolute Gasteiger partial charge is 0.416 e. The Hall–Kier alpha value is -2.59. The standard InChI is InChI=1S/C21H19F3N6O3S3/c22-21(23,24)13-4-1-5-14(10-13)30-18(26-27-20(30)34-12-15-6-3-9-33-15)11-25-36(31,32)17-8-2-7-16-19(17)29-35-28-16/h1-2,4-5,7-8,10,15,25H,3,6,9,11-12H2. The Bertz CT molecular complexity index is 1480. The van der Waals surface area contributed by atoms with Crippen LogP contribution in [0.4, 0.5) is 13.2 Å². The molecular formula is C21H19F3N6O3S3. The number of nitrogens with one attached hydrogen (secondary N) is 1. The van der Waals surface area contributed by atoms with E-state index in [4.69, 9.17) is 4.74 Å². The number of benzene rings is 2. The third-order valence-electron chi connectivity index (χ3n) is 5.51. The summed E-state index contributed by atoms with van der Waals surface area (Å²) < 4.78 is 83.9. The Morgan fingerprint density at radius 1 is 1.17 bits per heavy atom. The Morgan fingerprint density at radius 3 is 2.78 bits per heavy atom. The zero-order valence-electron chi connectivity index (χ0n) is 18.5. The van der Waals surface area contributed by atoms with Gasteiger partial charge < -0.3 is 4.74 Å². The molecule has 0 aliphatic carbocycles. The molecule has 0 bridgehead atoms. The molecule has 1 aliphatic rings. The quantitative estimate of drug-likeness (QED) is 0.324. The number of aromatic nitrogens is 5. The third-order valence-corrected chi connectivity index (χ3v) is 8.55. The minimum Gasteiger partial charge on any atom is -0.377 e. The second kappa shape index (κ2) is 10.0. The van der Waals surface area contributed by atoms with Crippen LogP contribution < -0.4 is 4.72 Å². The Morgan fingerprint density at radius 2 is 2.00 bits per heavy atom. The molecule has 190 valence electrons. The van der Waals surface area contributed by atoms with E-state index in [9.17, 15) is 21.6 Å². The fraction of sp³-hybridized carbons (Fsp3) is 0.333. The highest BCUT2D eigenvalue weighted by Gasteiger charge is 2.31. The second-order valence-electron chi connectivity index (χ2n) is 7.94. The van der Waals surface area contributed by atoms with E-state index >= 15 is 0 Å². The summed E-state index contributed by atoms with van der Waals surface area (Å²) in [5.74, 6) is 0.679. The molecule has 1 saturated heterocycles. The van der Waals surface area contributed by atoms with Crippen molar-refractivity contribution < 1.29 is 26.3 Å². The summed E-state index contributed by atoms with van der Waals surface area (Å²) in [6.07, 6.45) is -2.71. The molecule has 2 aromatic carbocycles. The van der Waals surface area contributed by atoms with Gasteiger partial charge in [0.05, 0.1) is 35.6 Å². The molecule has 1 unspecified atom stereocenters. The van der Waals surface area contributed by atoms with Crippen molar-refractivity contribution in [2.75, 3.05) is 12.4 Å². The molecule has 4 aromatic rings. The smallest absolute Gasteiger partial charge is 0.377 e. The first kappa shape index (κ1) is 25.1. The van der Waals surface area contributed by atoms with Crippen LogP contribution in [0.25, 0.3) is 16.7 Å². The fourth-order valence-corrected chi connectivity index (χ4v) is 6.55. The fourth-order valence-electron chi connectivity index (χ4n) is 3.77. The zero-order chi connectivity index (χ0) is 25.3. The van der Waals surface area contributed by atoms with Gasteiger partial charge in [0.2, 0.25) is 10.0 Å². The molecule has 5 rings (SSSR count). The summed E-state index contributed by atoms with van der Waals surface area (Å²) >= 11 is 2.19. The maximum Gasteiger partial charge on any atom is 0.416 e. The summed E-state index contributed by atoms with van der Waals surface area (Å²) in [6.45, 7) is 0.361. The Balaban J connectivity index is 1.46. The van der Waals surface area contributed by atoms with Crippen molar-refractivity contribution in [2.24, 2.45) is 0 Å². The summed E-state index contributed by atoms with van der Waals surface area (Å²) in [7, 11) is -4.04. The average Bonchev–Trinajstić information content (AvgIpc) is 3.61. The second-order valence-corrected chi connectivity index (χ2v) is 11.2. The minimum absolute atomic E-state index is 0.0100. The van der Waals surface area contributed by atoms with Crippen LogP contribution in [0.2, 0.25) is 0 Å². The SMILES string of the molecule is O=S(=O)(NCc1nnc(SCC2CCCO2)n1-c1cccc(C(F)(F)F)c1)c1cccc2nsnc12. The Labute approximate surface area is 212 Å². The highest BCUT2D eigenvalue weighted by molar-refractivity contribution is 7.99. The topological polar surface area (TPSA) is 112 Å². The minimum atomic E-state index is -4.54. The van der Waals surface area contributed by atoms with Crippen LogP contribution >= 0.6 is 23.5 Å².